The Bertz CT molecular complexity index is 774. The van der Waals surface area contributed by atoms with Crippen molar-refractivity contribution in [1.29, 1.82) is 0 Å². The van der Waals surface area contributed by atoms with Crippen LogP contribution in [0.5, 0.6) is 5.75 Å². The lowest BCUT2D eigenvalue weighted by Gasteiger charge is -2.15. The first-order valence-electron chi connectivity index (χ1n) is 7.33. The minimum atomic E-state index is -0.821. The fraction of sp³-hybridized carbons (Fsp3) is 0.118. The van der Waals surface area contributed by atoms with Crippen LogP contribution in [0.15, 0.2) is 54.6 Å². The average molecular weight is 325 g/mol. The predicted molar refractivity (Wildman–Crippen MR) is 86.0 cm³/mol. The van der Waals surface area contributed by atoms with Gasteiger partial charge in [0, 0.05) is 5.56 Å². The molecule has 1 atom stereocenters. The van der Waals surface area contributed by atoms with Crippen LogP contribution < -0.4 is 15.8 Å². The van der Waals surface area contributed by atoms with Gasteiger partial charge in [0.1, 0.15) is 11.8 Å². The number of benzene rings is 2. The van der Waals surface area contributed by atoms with E-state index in [1.807, 2.05) is 0 Å². The fourth-order valence-corrected chi connectivity index (χ4v) is 2.43. The first-order valence-corrected chi connectivity index (χ1v) is 7.33. The average Bonchev–Trinajstić information content (AvgIpc) is 2.88. The number of rotatable bonds is 4. The van der Waals surface area contributed by atoms with E-state index in [2.05, 4.69) is 10.9 Å². The Morgan fingerprint density at radius 3 is 2.38 bits per heavy atom. The Morgan fingerprint density at radius 1 is 1.04 bits per heavy atom. The van der Waals surface area contributed by atoms with Gasteiger partial charge in [-0.25, -0.2) is 10.3 Å². The third-order valence-electron chi connectivity index (χ3n) is 3.65. The van der Waals surface area contributed by atoms with Crippen LogP contribution >= 0.6 is 0 Å². The molecule has 0 spiro atoms. The van der Waals surface area contributed by atoms with Gasteiger partial charge in [-0.1, -0.05) is 18.2 Å². The normalized spacial score (nSPS) is 17.2. The number of amides is 3. The summed E-state index contributed by atoms with van der Waals surface area (Å²) in [4.78, 5) is 37.5. The number of hydrogen-bond donors (Lipinski definition) is 3. The molecule has 2 aromatic carbocycles. The molecular weight excluding hydrogens is 310 g/mol. The molecule has 1 aliphatic rings. The van der Waals surface area contributed by atoms with E-state index < -0.39 is 17.9 Å². The number of imide groups is 1. The lowest BCUT2D eigenvalue weighted by Crippen LogP contribution is -2.48. The number of phenols is 1. The minimum Gasteiger partial charge on any atom is -0.508 e. The molecule has 3 rings (SSSR count). The summed E-state index contributed by atoms with van der Waals surface area (Å²) in [5.41, 5.74) is 5.83. The highest BCUT2D eigenvalue weighted by molar-refractivity contribution is 6.22. The zero-order valence-electron chi connectivity index (χ0n) is 12.6. The lowest BCUT2D eigenvalue weighted by molar-refractivity contribution is -0.121. The van der Waals surface area contributed by atoms with Gasteiger partial charge >= 0.3 is 0 Å². The van der Waals surface area contributed by atoms with Gasteiger partial charge in [0.25, 0.3) is 11.8 Å². The molecule has 7 nitrogen and oxygen atoms in total. The zero-order chi connectivity index (χ0) is 17.1. The molecule has 1 fully saturated rings. The number of hydrazine groups is 1. The molecule has 0 aliphatic carbocycles. The number of anilines is 1. The third kappa shape index (κ3) is 3.11. The molecule has 122 valence electrons. The van der Waals surface area contributed by atoms with Crippen molar-refractivity contribution >= 4 is 23.4 Å². The van der Waals surface area contributed by atoms with Crippen molar-refractivity contribution in [1.82, 2.24) is 10.9 Å². The predicted octanol–water partition coefficient (Wildman–Crippen LogP) is 0.959. The maximum atomic E-state index is 12.4. The third-order valence-corrected chi connectivity index (χ3v) is 3.65. The number of aromatic hydroxyl groups is 1. The van der Waals surface area contributed by atoms with Crippen LogP contribution in [-0.2, 0) is 9.59 Å². The van der Waals surface area contributed by atoms with Crippen LogP contribution in [0.1, 0.15) is 16.8 Å². The summed E-state index contributed by atoms with van der Waals surface area (Å²) < 4.78 is 0. The Morgan fingerprint density at radius 2 is 1.71 bits per heavy atom. The Labute approximate surface area is 137 Å². The van der Waals surface area contributed by atoms with Crippen molar-refractivity contribution in [3.8, 4) is 5.75 Å². The maximum Gasteiger partial charge on any atom is 0.265 e. The van der Waals surface area contributed by atoms with Crippen LogP contribution in [-0.4, -0.2) is 28.9 Å². The molecule has 0 unspecified atom stereocenters. The van der Waals surface area contributed by atoms with Gasteiger partial charge in [-0.05, 0) is 36.4 Å². The van der Waals surface area contributed by atoms with E-state index in [1.54, 1.807) is 30.3 Å². The van der Waals surface area contributed by atoms with E-state index in [9.17, 15) is 19.5 Å². The van der Waals surface area contributed by atoms with Crippen LogP contribution in [0.2, 0.25) is 0 Å². The van der Waals surface area contributed by atoms with E-state index in [0.717, 1.165) is 4.90 Å². The number of nitrogens with zero attached hydrogens (tertiary/aromatic N) is 1. The first-order chi connectivity index (χ1) is 11.6. The fourth-order valence-electron chi connectivity index (χ4n) is 2.43. The molecule has 0 aromatic heterocycles. The molecule has 0 bridgehead atoms. The van der Waals surface area contributed by atoms with Gasteiger partial charge in [0.2, 0.25) is 5.91 Å². The Balaban J connectivity index is 1.64. The van der Waals surface area contributed by atoms with Crippen molar-refractivity contribution in [2.24, 2.45) is 0 Å². The molecule has 3 amide bonds. The van der Waals surface area contributed by atoms with Crippen LogP contribution in [0.3, 0.4) is 0 Å². The Hall–Kier alpha value is -3.19. The zero-order valence-corrected chi connectivity index (χ0v) is 12.6. The second kappa shape index (κ2) is 6.51. The van der Waals surface area contributed by atoms with E-state index in [1.165, 1.54) is 24.3 Å². The van der Waals surface area contributed by atoms with Crippen molar-refractivity contribution in [3.63, 3.8) is 0 Å². The highest BCUT2D eigenvalue weighted by Crippen LogP contribution is 2.22. The lowest BCUT2D eigenvalue weighted by atomic mass is 10.2. The summed E-state index contributed by atoms with van der Waals surface area (Å²) in [6, 6.07) is 13.5. The van der Waals surface area contributed by atoms with Crippen molar-refractivity contribution in [3.05, 3.63) is 60.2 Å². The van der Waals surface area contributed by atoms with Gasteiger partial charge in [-0.15, -0.1) is 0 Å². The number of para-hydroxylation sites is 1. The summed E-state index contributed by atoms with van der Waals surface area (Å²) in [6.45, 7) is 0. The van der Waals surface area contributed by atoms with Crippen molar-refractivity contribution in [2.75, 3.05) is 4.90 Å². The quantitative estimate of drug-likeness (QED) is 0.574. The summed E-state index contributed by atoms with van der Waals surface area (Å²) in [6.07, 6.45) is -0.0381. The number of nitrogens with one attached hydrogen (secondary N) is 2. The SMILES string of the molecule is O=C(NN[C@@H]1CC(=O)N(c2ccccc2)C1=O)c1ccc(O)cc1. The Kier molecular flexibility index (Phi) is 4.26. The summed E-state index contributed by atoms with van der Waals surface area (Å²) in [5.74, 6) is -1.16. The van der Waals surface area contributed by atoms with Crippen molar-refractivity contribution < 1.29 is 19.5 Å². The maximum absolute atomic E-state index is 12.4. The van der Waals surface area contributed by atoms with E-state index in [0.29, 0.717) is 11.3 Å². The molecule has 1 aliphatic heterocycles. The standard InChI is InChI=1S/C17H15N3O4/c21-13-8-6-11(7-9-13)16(23)19-18-14-10-15(22)20(17(14)24)12-4-2-1-3-5-12/h1-9,14,18,21H,10H2,(H,19,23)/t14-/m1/s1. The van der Waals surface area contributed by atoms with Crippen LogP contribution in [0.4, 0.5) is 5.69 Å². The second-order valence-corrected chi connectivity index (χ2v) is 5.30. The number of hydrogen-bond acceptors (Lipinski definition) is 5. The molecule has 0 saturated carbocycles. The van der Waals surface area contributed by atoms with Crippen LogP contribution in [0.25, 0.3) is 0 Å². The van der Waals surface area contributed by atoms with Gasteiger partial charge in [-0.3, -0.25) is 19.8 Å². The van der Waals surface area contributed by atoms with Gasteiger partial charge in [0.05, 0.1) is 12.1 Å². The first kappa shape index (κ1) is 15.7. The largest absolute Gasteiger partial charge is 0.508 e. The van der Waals surface area contributed by atoms with E-state index in [4.69, 9.17) is 0 Å². The highest BCUT2D eigenvalue weighted by atomic mass is 16.3. The molecule has 2 aromatic rings. The van der Waals surface area contributed by atoms with Crippen molar-refractivity contribution in [2.45, 2.75) is 12.5 Å². The molecule has 3 N–H and O–H groups in total. The van der Waals surface area contributed by atoms with E-state index in [-0.39, 0.29) is 18.1 Å². The molecule has 7 heteroatoms. The second-order valence-electron chi connectivity index (χ2n) is 5.30. The molecule has 1 saturated heterocycles. The molecule has 24 heavy (non-hydrogen) atoms. The van der Waals surface area contributed by atoms with Gasteiger partial charge < -0.3 is 5.11 Å². The molecule has 0 radical (unpaired) electrons. The molecule has 1 heterocycles. The van der Waals surface area contributed by atoms with Gasteiger partial charge in [-0.2, -0.15) is 0 Å². The molecular formula is C17H15N3O4. The summed E-state index contributed by atoms with van der Waals surface area (Å²) in [7, 11) is 0. The number of carbonyl (C=O) groups is 3. The van der Waals surface area contributed by atoms with E-state index >= 15 is 0 Å². The van der Waals surface area contributed by atoms with Gasteiger partial charge in [0.15, 0.2) is 0 Å². The number of phenolic OH excluding ortho intramolecular Hbond substituents is 1. The topological polar surface area (TPSA) is 98.7 Å². The number of carbonyl (C=O) groups excluding carboxylic acids is 3. The summed E-state index contributed by atoms with van der Waals surface area (Å²) in [5, 5.41) is 9.21. The highest BCUT2D eigenvalue weighted by Gasteiger charge is 2.39. The smallest absolute Gasteiger partial charge is 0.265 e. The van der Waals surface area contributed by atoms with Crippen LogP contribution in [0, 0.1) is 0 Å². The summed E-state index contributed by atoms with van der Waals surface area (Å²) >= 11 is 0. The monoisotopic (exact) mass is 325 g/mol. The minimum absolute atomic E-state index is 0.0381.